The monoisotopic (exact) mass is 391 g/mol. The van der Waals surface area contributed by atoms with E-state index >= 15 is 0 Å². The van der Waals surface area contributed by atoms with E-state index in [9.17, 15) is 4.79 Å². The number of ether oxygens (including phenoxy) is 1. The Bertz CT molecular complexity index is 860. The number of thiophene rings is 1. The molecule has 3 heterocycles. The smallest absolute Gasteiger partial charge is 0.263 e. The second kappa shape index (κ2) is 9.03. The molecule has 5 nitrogen and oxygen atoms in total. The number of nitriles is 1. The van der Waals surface area contributed by atoms with E-state index in [4.69, 9.17) is 15.0 Å². The lowest BCUT2D eigenvalue weighted by Gasteiger charge is -2.16. The summed E-state index contributed by atoms with van der Waals surface area (Å²) in [4.78, 5) is 20.2. The van der Waals surface area contributed by atoms with Crippen molar-refractivity contribution in [1.82, 2.24) is 9.55 Å². The summed E-state index contributed by atoms with van der Waals surface area (Å²) in [5.41, 5.74) is 1.21. The molecule has 140 valence electrons. The predicted molar refractivity (Wildman–Crippen MR) is 107 cm³/mol. The fraction of sp³-hybridized carbons (Fsp3) is 0.632. The van der Waals surface area contributed by atoms with Crippen molar-refractivity contribution in [2.75, 3.05) is 12.4 Å². The maximum atomic E-state index is 13.3. The van der Waals surface area contributed by atoms with Crippen molar-refractivity contribution in [2.45, 2.75) is 70.2 Å². The van der Waals surface area contributed by atoms with Crippen LogP contribution in [0.4, 0.5) is 0 Å². The van der Waals surface area contributed by atoms with E-state index in [1.807, 2.05) is 4.57 Å². The highest BCUT2D eigenvalue weighted by molar-refractivity contribution is 7.99. The van der Waals surface area contributed by atoms with Crippen molar-refractivity contribution in [2.24, 2.45) is 0 Å². The van der Waals surface area contributed by atoms with Crippen LogP contribution in [0.3, 0.4) is 0 Å². The third-order valence-corrected chi connectivity index (χ3v) is 6.86. The molecule has 26 heavy (non-hydrogen) atoms. The number of unbranched alkanes of at least 4 members (excludes halogenated alkanes) is 2. The summed E-state index contributed by atoms with van der Waals surface area (Å²) in [6.45, 7) is 5.53. The van der Waals surface area contributed by atoms with E-state index in [1.165, 1.54) is 4.88 Å². The Balaban J connectivity index is 1.94. The average Bonchev–Trinajstić information content (AvgIpc) is 3.24. The molecule has 0 spiro atoms. The molecule has 0 bridgehead atoms. The Hall–Kier alpha value is -1.36. The molecule has 0 aliphatic carbocycles. The van der Waals surface area contributed by atoms with E-state index in [1.54, 1.807) is 23.1 Å². The number of fused-ring (bicyclic) bond motifs is 1. The van der Waals surface area contributed by atoms with Gasteiger partial charge >= 0.3 is 0 Å². The molecule has 0 aromatic carbocycles. The van der Waals surface area contributed by atoms with Crippen molar-refractivity contribution in [3.8, 4) is 6.07 Å². The lowest BCUT2D eigenvalue weighted by Crippen LogP contribution is -2.29. The van der Waals surface area contributed by atoms with E-state index in [-0.39, 0.29) is 11.7 Å². The zero-order valence-corrected chi connectivity index (χ0v) is 17.0. The van der Waals surface area contributed by atoms with Gasteiger partial charge in [0, 0.05) is 23.7 Å². The molecule has 1 aliphatic rings. The molecule has 1 saturated heterocycles. The molecule has 0 N–H and O–H groups in total. The van der Waals surface area contributed by atoms with Crippen LogP contribution >= 0.6 is 23.1 Å². The van der Waals surface area contributed by atoms with Gasteiger partial charge in [0.2, 0.25) is 0 Å². The summed E-state index contributed by atoms with van der Waals surface area (Å²) in [6.07, 6.45) is 5.44. The van der Waals surface area contributed by atoms with Gasteiger partial charge in [0.15, 0.2) is 5.16 Å². The Morgan fingerprint density at radius 1 is 1.46 bits per heavy atom. The second-order valence-electron chi connectivity index (χ2n) is 6.58. The Labute approximate surface area is 162 Å². The number of thioether (sulfide) groups is 1. The molecule has 1 unspecified atom stereocenters. The SMILES string of the molecule is CCc1c(C)sc2nc(SCCCCC#N)n(CC3CCCO3)c(=O)c12. The summed E-state index contributed by atoms with van der Waals surface area (Å²) in [5.74, 6) is 0.871. The molecular formula is C19H25N3O2S2. The first kappa shape index (κ1) is 19.4. The predicted octanol–water partition coefficient (Wildman–Crippen LogP) is 4.29. The average molecular weight is 392 g/mol. The van der Waals surface area contributed by atoms with Crippen molar-refractivity contribution in [1.29, 1.82) is 5.26 Å². The van der Waals surface area contributed by atoms with Gasteiger partial charge in [-0.3, -0.25) is 9.36 Å². The van der Waals surface area contributed by atoms with Crippen LogP contribution in [-0.4, -0.2) is 28.0 Å². The summed E-state index contributed by atoms with van der Waals surface area (Å²) < 4.78 is 7.60. The molecule has 3 rings (SSSR count). The van der Waals surface area contributed by atoms with Crippen LogP contribution in [0.15, 0.2) is 9.95 Å². The Morgan fingerprint density at radius 3 is 3.00 bits per heavy atom. The van der Waals surface area contributed by atoms with Crippen LogP contribution in [0, 0.1) is 18.3 Å². The van der Waals surface area contributed by atoms with Gasteiger partial charge in [-0.25, -0.2) is 4.98 Å². The van der Waals surface area contributed by atoms with Crippen LogP contribution in [0.2, 0.25) is 0 Å². The molecule has 0 saturated carbocycles. The van der Waals surface area contributed by atoms with Gasteiger partial charge in [-0.2, -0.15) is 5.26 Å². The summed E-state index contributed by atoms with van der Waals surface area (Å²) >= 11 is 3.24. The first-order valence-electron chi connectivity index (χ1n) is 9.29. The van der Waals surface area contributed by atoms with Crippen LogP contribution in [0.25, 0.3) is 10.2 Å². The van der Waals surface area contributed by atoms with Gasteiger partial charge in [-0.15, -0.1) is 11.3 Å². The second-order valence-corrected chi connectivity index (χ2v) is 8.84. The lowest BCUT2D eigenvalue weighted by atomic mass is 10.1. The molecule has 1 aliphatic heterocycles. The van der Waals surface area contributed by atoms with Crippen LogP contribution in [-0.2, 0) is 17.7 Å². The van der Waals surface area contributed by atoms with Gasteiger partial charge in [0.05, 0.1) is 24.1 Å². The molecule has 0 amide bonds. The van der Waals surface area contributed by atoms with Gasteiger partial charge in [-0.1, -0.05) is 18.7 Å². The fourth-order valence-corrected chi connectivity index (χ4v) is 5.55. The molecule has 1 atom stereocenters. The van der Waals surface area contributed by atoms with Gasteiger partial charge in [0.1, 0.15) is 4.83 Å². The highest BCUT2D eigenvalue weighted by Crippen LogP contribution is 2.30. The maximum absolute atomic E-state index is 13.3. The third-order valence-electron chi connectivity index (χ3n) is 4.76. The number of rotatable bonds is 8. The quantitative estimate of drug-likeness (QED) is 0.381. The van der Waals surface area contributed by atoms with Crippen molar-refractivity contribution in [3.05, 3.63) is 20.8 Å². The minimum absolute atomic E-state index is 0.0752. The summed E-state index contributed by atoms with van der Waals surface area (Å²) in [5, 5.41) is 10.2. The first-order chi connectivity index (χ1) is 12.7. The van der Waals surface area contributed by atoms with Gasteiger partial charge < -0.3 is 4.74 Å². The standard InChI is InChI=1S/C19H25N3O2S2/c1-3-15-13(2)26-17-16(15)18(23)22(12-14-8-7-10-24-14)19(21-17)25-11-6-4-5-9-20/h14H,3-8,10-12H2,1-2H3. The lowest BCUT2D eigenvalue weighted by molar-refractivity contribution is 0.0937. The van der Waals surface area contributed by atoms with Crippen LogP contribution < -0.4 is 5.56 Å². The minimum Gasteiger partial charge on any atom is -0.376 e. The molecular weight excluding hydrogens is 366 g/mol. The Morgan fingerprint density at radius 2 is 2.31 bits per heavy atom. The molecule has 2 aromatic heterocycles. The zero-order valence-electron chi connectivity index (χ0n) is 15.4. The van der Waals surface area contributed by atoms with E-state index < -0.39 is 0 Å². The molecule has 7 heteroatoms. The topological polar surface area (TPSA) is 67.9 Å². The normalized spacial score (nSPS) is 17.0. The van der Waals surface area contributed by atoms with E-state index in [0.717, 1.165) is 65.4 Å². The number of aromatic nitrogens is 2. The number of aryl methyl sites for hydroxylation is 2. The largest absolute Gasteiger partial charge is 0.376 e. The first-order valence-corrected chi connectivity index (χ1v) is 11.1. The van der Waals surface area contributed by atoms with Crippen molar-refractivity contribution >= 4 is 33.3 Å². The van der Waals surface area contributed by atoms with Crippen LogP contribution in [0.1, 0.15) is 49.5 Å². The highest BCUT2D eigenvalue weighted by atomic mass is 32.2. The summed E-state index contributed by atoms with van der Waals surface area (Å²) in [7, 11) is 0. The molecule has 0 radical (unpaired) electrons. The van der Waals surface area contributed by atoms with Crippen molar-refractivity contribution < 1.29 is 4.74 Å². The minimum atomic E-state index is 0.0752. The van der Waals surface area contributed by atoms with Gasteiger partial charge in [-0.05, 0) is 44.6 Å². The zero-order chi connectivity index (χ0) is 18.5. The molecule has 1 fully saturated rings. The summed E-state index contributed by atoms with van der Waals surface area (Å²) in [6, 6.07) is 2.18. The third kappa shape index (κ3) is 4.13. The molecule has 2 aromatic rings. The van der Waals surface area contributed by atoms with E-state index in [0.29, 0.717) is 13.0 Å². The number of hydrogen-bond donors (Lipinski definition) is 0. The van der Waals surface area contributed by atoms with E-state index in [2.05, 4.69) is 19.9 Å². The fourth-order valence-electron chi connectivity index (χ4n) is 3.39. The maximum Gasteiger partial charge on any atom is 0.263 e. The van der Waals surface area contributed by atoms with Gasteiger partial charge in [0.25, 0.3) is 5.56 Å². The van der Waals surface area contributed by atoms with Crippen LogP contribution in [0.5, 0.6) is 0 Å². The Kier molecular flexibility index (Phi) is 6.74. The highest BCUT2D eigenvalue weighted by Gasteiger charge is 2.22. The number of hydrogen-bond acceptors (Lipinski definition) is 6. The van der Waals surface area contributed by atoms with Crippen molar-refractivity contribution in [3.63, 3.8) is 0 Å². The number of nitrogens with zero attached hydrogens (tertiary/aromatic N) is 3.